The van der Waals surface area contributed by atoms with Crippen LogP contribution in [0.25, 0.3) is 0 Å². The molecule has 0 aromatic heterocycles. The first-order valence-corrected chi connectivity index (χ1v) is 4.11. The molecule has 0 aromatic carbocycles. The van der Waals surface area contributed by atoms with E-state index in [1.165, 1.54) is 0 Å². The number of likely N-dealkylation sites (N-methyl/N-ethyl adjacent to an activating group) is 1. The third kappa shape index (κ3) is 1.55. The molecule has 0 bridgehead atoms. The van der Waals surface area contributed by atoms with Crippen LogP contribution in [0.4, 0.5) is 0 Å². The van der Waals surface area contributed by atoms with Crippen LogP contribution in [0.2, 0.25) is 0 Å². The SMILES string of the molecule is CC1COCC(C)(CN)N1C. The summed E-state index contributed by atoms with van der Waals surface area (Å²) in [5, 5.41) is 0. The van der Waals surface area contributed by atoms with Gasteiger partial charge >= 0.3 is 0 Å². The molecule has 11 heavy (non-hydrogen) atoms. The zero-order valence-corrected chi connectivity index (χ0v) is 7.63. The average molecular weight is 158 g/mol. The van der Waals surface area contributed by atoms with E-state index in [0.29, 0.717) is 12.6 Å². The summed E-state index contributed by atoms with van der Waals surface area (Å²) >= 11 is 0. The number of nitrogens with two attached hydrogens (primary N) is 1. The molecule has 0 aliphatic carbocycles. The largest absolute Gasteiger partial charge is 0.378 e. The fourth-order valence-electron chi connectivity index (χ4n) is 1.40. The van der Waals surface area contributed by atoms with Crippen molar-refractivity contribution < 1.29 is 4.74 Å². The van der Waals surface area contributed by atoms with Crippen molar-refractivity contribution in [3.05, 3.63) is 0 Å². The lowest BCUT2D eigenvalue weighted by Gasteiger charge is -2.45. The van der Waals surface area contributed by atoms with Gasteiger partial charge in [-0.3, -0.25) is 4.90 Å². The smallest absolute Gasteiger partial charge is 0.0660 e. The zero-order valence-electron chi connectivity index (χ0n) is 7.63. The predicted octanol–water partition coefficient (Wildman–Crippen LogP) is 0.0543. The van der Waals surface area contributed by atoms with Crippen LogP contribution in [0.15, 0.2) is 0 Å². The average Bonchev–Trinajstić information content (AvgIpc) is 2.00. The number of nitrogens with zero attached hydrogens (tertiary/aromatic N) is 1. The Balaban J connectivity index is 2.64. The highest BCUT2D eigenvalue weighted by Crippen LogP contribution is 2.20. The van der Waals surface area contributed by atoms with Gasteiger partial charge in [0.1, 0.15) is 0 Å². The van der Waals surface area contributed by atoms with Crippen LogP contribution in [-0.2, 0) is 4.74 Å². The molecule has 0 saturated carbocycles. The van der Waals surface area contributed by atoms with Gasteiger partial charge in [0.25, 0.3) is 0 Å². The Labute approximate surface area is 68.5 Å². The van der Waals surface area contributed by atoms with Gasteiger partial charge in [0, 0.05) is 12.6 Å². The van der Waals surface area contributed by atoms with E-state index in [9.17, 15) is 0 Å². The van der Waals surface area contributed by atoms with Gasteiger partial charge in [-0.15, -0.1) is 0 Å². The lowest BCUT2D eigenvalue weighted by molar-refractivity contribution is -0.0741. The topological polar surface area (TPSA) is 38.5 Å². The van der Waals surface area contributed by atoms with E-state index in [2.05, 4.69) is 25.8 Å². The second-order valence-corrected chi connectivity index (χ2v) is 3.68. The quantitative estimate of drug-likeness (QED) is 0.586. The summed E-state index contributed by atoms with van der Waals surface area (Å²) in [4.78, 5) is 2.30. The molecule has 2 N–H and O–H groups in total. The molecular weight excluding hydrogens is 140 g/mol. The van der Waals surface area contributed by atoms with Crippen LogP contribution in [0.5, 0.6) is 0 Å². The molecule has 1 aliphatic heterocycles. The maximum atomic E-state index is 5.67. The molecule has 1 fully saturated rings. The van der Waals surface area contributed by atoms with Crippen LogP contribution in [0.1, 0.15) is 13.8 Å². The third-order valence-electron chi connectivity index (χ3n) is 2.72. The Morgan fingerprint density at radius 3 is 2.82 bits per heavy atom. The molecule has 0 radical (unpaired) electrons. The van der Waals surface area contributed by atoms with Crippen LogP contribution in [-0.4, -0.2) is 43.3 Å². The molecule has 3 heteroatoms. The first kappa shape index (κ1) is 8.97. The summed E-state index contributed by atoms with van der Waals surface area (Å²) in [6.07, 6.45) is 0. The molecule has 0 amide bonds. The first-order chi connectivity index (χ1) is 5.10. The molecule has 0 spiro atoms. The predicted molar refractivity (Wildman–Crippen MR) is 45.5 cm³/mol. The fourth-order valence-corrected chi connectivity index (χ4v) is 1.40. The van der Waals surface area contributed by atoms with Gasteiger partial charge < -0.3 is 10.5 Å². The minimum Gasteiger partial charge on any atom is -0.378 e. The third-order valence-corrected chi connectivity index (χ3v) is 2.72. The van der Waals surface area contributed by atoms with Crippen molar-refractivity contribution in [1.82, 2.24) is 4.90 Å². The maximum absolute atomic E-state index is 5.67. The maximum Gasteiger partial charge on any atom is 0.0660 e. The fraction of sp³-hybridized carbons (Fsp3) is 1.00. The molecule has 1 rings (SSSR count). The van der Waals surface area contributed by atoms with E-state index >= 15 is 0 Å². The summed E-state index contributed by atoms with van der Waals surface area (Å²) in [6.45, 7) is 6.54. The van der Waals surface area contributed by atoms with Gasteiger partial charge in [0.05, 0.1) is 18.8 Å². The normalized spacial score (nSPS) is 40.9. The van der Waals surface area contributed by atoms with E-state index < -0.39 is 0 Å². The molecule has 1 aliphatic rings. The van der Waals surface area contributed by atoms with Crippen LogP contribution < -0.4 is 5.73 Å². The molecule has 2 unspecified atom stereocenters. The zero-order chi connectivity index (χ0) is 8.48. The Hall–Kier alpha value is -0.120. The first-order valence-electron chi connectivity index (χ1n) is 4.11. The van der Waals surface area contributed by atoms with Crippen molar-refractivity contribution >= 4 is 0 Å². The van der Waals surface area contributed by atoms with E-state index in [1.807, 2.05) is 0 Å². The number of hydrogen-bond acceptors (Lipinski definition) is 3. The van der Waals surface area contributed by atoms with Gasteiger partial charge in [-0.2, -0.15) is 0 Å². The molecule has 1 heterocycles. The number of rotatable bonds is 1. The minimum absolute atomic E-state index is 0.0394. The van der Waals surface area contributed by atoms with E-state index in [4.69, 9.17) is 10.5 Å². The van der Waals surface area contributed by atoms with Crippen LogP contribution in [0, 0.1) is 0 Å². The van der Waals surface area contributed by atoms with E-state index in [1.54, 1.807) is 0 Å². The van der Waals surface area contributed by atoms with Crippen molar-refractivity contribution in [2.75, 3.05) is 26.8 Å². The second kappa shape index (κ2) is 3.09. The van der Waals surface area contributed by atoms with Crippen LogP contribution >= 0.6 is 0 Å². The molecule has 2 atom stereocenters. The summed E-state index contributed by atoms with van der Waals surface area (Å²) in [5.41, 5.74) is 5.71. The standard InChI is InChI=1S/C8H18N2O/c1-7-4-11-6-8(2,5-9)10(7)3/h7H,4-6,9H2,1-3H3. The number of hydrogen-bond donors (Lipinski definition) is 1. The van der Waals surface area contributed by atoms with Gasteiger partial charge in [-0.1, -0.05) is 0 Å². The van der Waals surface area contributed by atoms with Crippen LogP contribution in [0.3, 0.4) is 0 Å². The van der Waals surface area contributed by atoms with E-state index in [0.717, 1.165) is 13.2 Å². The highest BCUT2D eigenvalue weighted by molar-refractivity contribution is 4.90. The number of ether oxygens (including phenoxy) is 1. The minimum atomic E-state index is 0.0394. The Kier molecular flexibility index (Phi) is 2.52. The highest BCUT2D eigenvalue weighted by atomic mass is 16.5. The van der Waals surface area contributed by atoms with Crippen molar-refractivity contribution in [3.63, 3.8) is 0 Å². The summed E-state index contributed by atoms with van der Waals surface area (Å²) in [7, 11) is 2.11. The Morgan fingerprint density at radius 2 is 2.36 bits per heavy atom. The molecule has 66 valence electrons. The van der Waals surface area contributed by atoms with E-state index in [-0.39, 0.29) is 5.54 Å². The second-order valence-electron chi connectivity index (χ2n) is 3.68. The van der Waals surface area contributed by atoms with Gasteiger partial charge in [0.2, 0.25) is 0 Å². The summed E-state index contributed by atoms with van der Waals surface area (Å²) in [6, 6.07) is 0.484. The lowest BCUT2D eigenvalue weighted by atomic mass is 9.98. The monoisotopic (exact) mass is 158 g/mol. The molecule has 0 aromatic rings. The lowest BCUT2D eigenvalue weighted by Crippen LogP contribution is -2.60. The summed E-state index contributed by atoms with van der Waals surface area (Å²) < 4.78 is 5.44. The van der Waals surface area contributed by atoms with Crippen molar-refractivity contribution in [2.24, 2.45) is 5.73 Å². The Bertz CT molecular complexity index is 140. The van der Waals surface area contributed by atoms with Crippen molar-refractivity contribution in [3.8, 4) is 0 Å². The molecule has 1 saturated heterocycles. The molecular formula is C8H18N2O. The number of morpholine rings is 1. The van der Waals surface area contributed by atoms with Crippen molar-refractivity contribution in [1.29, 1.82) is 0 Å². The van der Waals surface area contributed by atoms with Crippen molar-refractivity contribution in [2.45, 2.75) is 25.4 Å². The molecule has 3 nitrogen and oxygen atoms in total. The Morgan fingerprint density at radius 1 is 1.73 bits per heavy atom. The van der Waals surface area contributed by atoms with Gasteiger partial charge in [0.15, 0.2) is 0 Å². The van der Waals surface area contributed by atoms with Gasteiger partial charge in [-0.05, 0) is 20.9 Å². The highest BCUT2D eigenvalue weighted by Gasteiger charge is 2.34. The van der Waals surface area contributed by atoms with Gasteiger partial charge in [-0.25, -0.2) is 0 Å². The summed E-state index contributed by atoms with van der Waals surface area (Å²) in [5.74, 6) is 0.